The molecule has 98 valence electrons. The summed E-state index contributed by atoms with van der Waals surface area (Å²) >= 11 is 1.70. The first-order chi connectivity index (χ1) is 8.79. The summed E-state index contributed by atoms with van der Waals surface area (Å²) in [7, 11) is 0. The van der Waals surface area contributed by atoms with Crippen molar-refractivity contribution in [1.29, 1.82) is 0 Å². The summed E-state index contributed by atoms with van der Waals surface area (Å²) in [5, 5.41) is 7.71. The van der Waals surface area contributed by atoms with Crippen LogP contribution in [0.25, 0.3) is 0 Å². The summed E-state index contributed by atoms with van der Waals surface area (Å²) in [6, 6.07) is 2.14. The summed E-state index contributed by atoms with van der Waals surface area (Å²) in [5.74, 6) is 1.02. The Kier molecular flexibility index (Phi) is 3.39. The summed E-state index contributed by atoms with van der Waals surface area (Å²) in [6.45, 7) is 3.01. The fraction of sp³-hybridized carbons (Fsp3) is 0.643. The first-order valence-electron chi connectivity index (χ1n) is 6.88. The fourth-order valence-corrected chi connectivity index (χ4v) is 3.51. The van der Waals surface area contributed by atoms with E-state index in [1.54, 1.807) is 11.3 Å². The Labute approximate surface area is 112 Å². The average molecular weight is 264 g/mol. The van der Waals surface area contributed by atoms with E-state index in [1.165, 1.54) is 24.8 Å². The Bertz CT molecular complexity index is 413. The molecule has 1 saturated heterocycles. The average Bonchev–Trinajstić information content (AvgIpc) is 2.92. The monoisotopic (exact) mass is 264 g/mol. The van der Waals surface area contributed by atoms with Crippen LogP contribution in [0.15, 0.2) is 16.8 Å². The molecule has 1 N–H and O–H groups in total. The van der Waals surface area contributed by atoms with Crippen LogP contribution >= 0.6 is 11.3 Å². The van der Waals surface area contributed by atoms with Gasteiger partial charge in [-0.1, -0.05) is 13.3 Å². The van der Waals surface area contributed by atoms with Crippen molar-refractivity contribution in [2.45, 2.75) is 44.8 Å². The molecule has 18 heavy (non-hydrogen) atoms. The smallest absolute Gasteiger partial charge is 0.241 e. The molecule has 1 saturated carbocycles. The molecule has 0 radical (unpaired) electrons. The van der Waals surface area contributed by atoms with Crippen LogP contribution in [0.4, 0.5) is 0 Å². The summed E-state index contributed by atoms with van der Waals surface area (Å²) < 4.78 is 0. The predicted octanol–water partition coefficient (Wildman–Crippen LogP) is 2.76. The maximum Gasteiger partial charge on any atom is 0.241 e. The van der Waals surface area contributed by atoms with Gasteiger partial charge in [-0.3, -0.25) is 10.1 Å². The van der Waals surface area contributed by atoms with Crippen molar-refractivity contribution in [3.63, 3.8) is 0 Å². The number of nitrogens with one attached hydrogen (secondary N) is 1. The third kappa shape index (κ3) is 2.08. The van der Waals surface area contributed by atoms with Crippen LogP contribution in [-0.2, 0) is 4.79 Å². The quantitative estimate of drug-likeness (QED) is 0.907. The van der Waals surface area contributed by atoms with E-state index in [0.717, 1.165) is 18.9 Å². The van der Waals surface area contributed by atoms with E-state index in [-0.39, 0.29) is 12.2 Å². The molecular formula is C14H20N2OS. The highest BCUT2D eigenvalue weighted by molar-refractivity contribution is 7.07. The summed E-state index contributed by atoms with van der Waals surface area (Å²) in [6.07, 6.45) is 4.89. The van der Waals surface area contributed by atoms with Crippen molar-refractivity contribution in [3.8, 4) is 0 Å². The van der Waals surface area contributed by atoms with Crippen LogP contribution in [0.5, 0.6) is 0 Å². The number of carbonyl (C=O) groups excluding carboxylic acids is 1. The number of carbonyl (C=O) groups is 1. The van der Waals surface area contributed by atoms with Gasteiger partial charge >= 0.3 is 0 Å². The lowest BCUT2D eigenvalue weighted by Crippen LogP contribution is -2.37. The topological polar surface area (TPSA) is 32.3 Å². The van der Waals surface area contributed by atoms with Gasteiger partial charge in [0.1, 0.15) is 6.17 Å². The van der Waals surface area contributed by atoms with Gasteiger partial charge in [-0.05, 0) is 47.6 Å². The molecule has 1 aromatic rings. The molecular weight excluding hydrogens is 244 g/mol. The van der Waals surface area contributed by atoms with Gasteiger partial charge < -0.3 is 4.90 Å². The Hall–Kier alpha value is -0.870. The fourth-order valence-electron chi connectivity index (χ4n) is 2.83. The molecule has 0 aromatic carbocycles. The first kappa shape index (κ1) is 12.2. The second-order valence-electron chi connectivity index (χ2n) is 5.37. The van der Waals surface area contributed by atoms with E-state index < -0.39 is 0 Å². The molecule has 2 unspecified atom stereocenters. The van der Waals surface area contributed by atoms with E-state index in [0.29, 0.717) is 5.91 Å². The van der Waals surface area contributed by atoms with Crippen molar-refractivity contribution >= 4 is 17.2 Å². The van der Waals surface area contributed by atoms with Gasteiger partial charge in [0.25, 0.3) is 0 Å². The number of thiophene rings is 1. The second-order valence-corrected chi connectivity index (χ2v) is 6.15. The van der Waals surface area contributed by atoms with E-state index in [4.69, 9.17) is 0 Å². The minimum atomic E-state index is 0.00924. The third-order valence-electron chi connectivity index (χ3n) is 4.20. The molecule has 1 aliphatic carbocycles. The molecule has 2 aliphatic rings. The Balaban J connectivity index is 1.78. The minimum Gasteiger partial charge on any atom is -0.321 e. The molecule has 1 aliphatic heterocycles. The number of amides is 1. The normalized spacial score (nSPS) is 28.7. The standard InChI is InChI=1S/C14H20N2OS/c1-2-12-14(17)16(8-10-4-3-5-10)13(15-12)11-6-7-18-9-11/h6-7,9-10,12-13,15H,2-5,8H2,1H3. The van der Waals surface area contributed by atoms with E-state index in [9.17, 15) is 4.79 Å². The Morgan fingerprint density at radius 3 is 2.89 bits per heavy atom. The number of nitrogens with zero attached hydrogens (tertiary/aromatic N) is 1. The maximum atomic E-state index is 12.4. The zero-order valence-corrected chi connectivity index (χ0v) is 11.6. The molecule has 0 bridgehead atoms. The molecule has 1 amide bonds. The van der Waals surface area contributed by atoms with Crippen molar-refractivity contribution in [1.82, 2.24) is 10.2 Å². The summed E-state index contributed by atoms with van der Waals surface area (Å²) in [5.41, 5.74) is 1.24. The van der Waals surface area contributed by atoms with Crippen LogP contribution < -0.4 is 5.32 Å². The second kappa shape index (κ2) is 5.02. The van der Waals surface area contributed by atoms with Crippen molar-refractivity contribution in [3.05, 3.63) is 22.4 Å². The number of rotatable bonds is 4. The van der Waals surface area contributed by atoms with E-state index >= 15 is 0 Å². The van der Waals surface area contributed by atoms with Crippen LogP contribution in [0.2, 0.25) is 0 Å². The van der Waals surface area contributed by atoms with E-state index in [2.05, 4.69) is 34.0 Å². The van der Waals surface area contributed by atoms with Gasteiger partial charge in [0.05, 0.1) is 6.04 Å². The Morgan fingerprint density at radius 1 is 1.50 bits per heavy atom. The van der Waals surface area contributed by atoms with Gasteiger partial charge in [0, 0.05) is 6.54 Å². The predicted molar refractivity (Wildman–Crippen MR) is 73.3 cm³/mol. The molecule has 3 nitrogen and oxygen atoms in total. The summed E-state index contributed by atoms with van der Waals surface area (Å²) in [4.78, 5) is 14.5. The maximum absolute atomic E-state index is 12.4. The zero-order valence-electron chi connectivity index (χ0n) is 10.8. The highest BCUT2D eigenvalue weighted by Gasteiger charge is 2.40. The van der Waals surface area contributed by atoms with Crippen molar-refractivity contribution < 1.29 is 4.79 Å². The van der Waals surface area contributed by atoms with E-state index in [1.807, 2.05) is 0 Å². The minimum absolute atomic E-state index is 0.00924. The lowest BCUT2D eigenvalue weighted by Gasteiger charge is -2.33. The first-order valence-corrected chi connectivity index (χ1v) is 7.82. The molecule has 1 aromatic heterocycles. The van der Waals surface area contributed by atoms with Gasteiger partial charge in [-0.2, -0.15) is 11.3 Å². The molecule has 3 rings (SSSR count). The number of hydrogen-bond donors (Lipinski definition) is 1. The zero-order chi connectivity index (χ0) is 12.5. The molecule has 2 fully saturated rings. The van der Waals surface area contributed by atoms with Gasteiger partial charge in [-0.25, -0.2) is 0 Å². The van der Waals surface area contributed by atoms with Crippen LogP contribution in [-0.4, -0.2) is 23.4 Å². The molecule has 2 atom stereocenters. The van der Waals surface area contributed by atoms with Gasteiger partial charge in [0.2, 0.25) is 5.91 Å². The third-order valence-corrected chi connectivity index (χ3v) is 4.90. The lowest BCUT2D eigenvalue weighted by atomic mass is 9.85. The van der Waals surface area contributed by atoms with Gasteiger partial charge in [-0.15, -0.1) is 0 Å². The molecule has 4 heteroatoms. The lowest BCUT2D eigenvalue weighted by molar-refractivity contribution is -0.131. The van der Waals surface area contributed by atoms with Gasteiger partial charge in [0.15, 0.2) is 0 Å². The highest BCUT2D eigenvalue weighted by Crippen LogP contribution is 2.33. The highest BCUT2D eigenvalue weighted by atomic mass is 32.1. The van der Waals surface area contributed by atoms with Crippen LogP contribution in [0, 0.1) is 5.92 Å². The van der Waals surface area contributed by atoms with Crippen molar-refractivity contribution in [2.75, 3.05) is 6.54 Å². The largest absolute Gasteiger partial charge is 0.321 e. The van der Waals surface area contributed by atoms with Crippen LogP contribution in [0.3, 0.4) is 0 Å². The number of hydrogen-bond acceptors (Lipinski definition) is 3. The molecule has 2 heterocycles. The van der Waals surface area contributed by atoms with Crippen LogP contribution in [0.1, 0.15) is 44.3 Å². The SMILES string of the molecule is CCC1NC(c2ccsc2)N(CC2CCC2)C1=O. The molecule has 0 spiro atoms. The van der Waals surface area contributed by atoms with Crippen molar-refractivity contribution in [2.24, 2.45) is 5.92 Å². The Morgan fingerprint density at radius 2 is 2.33 bits per heavy atom.